The number of oxazole rings is 1. The fraction of sp³-hybridized carbons (Fsp3) is 0.154. The van der Waals surface area contributed by atoms with Gasteiger partial charge in [-0.25, -0.2) is 9.59 Å². The van der Waals surface area contributed by atoms with E-state index in [1.807, 2.05) is 0 Å². The number of fused-ring (bicyclic) bond motifs is 1. The molecule has 0 saturated carbocycles. The minimum absolute atomic E-state index is 0.0275. The molecule has 1 aromatic carbocycles. The van der Waals surface area contributed by atoms with Crippen LogP contribution >= 0.6 is 0 Å². The van der Waals surface area contributed by atoms with Crippen molar-refractivity contribution in [1.29, 1.82) is 0 Å². The minimum Gasteiger partial charge on any atom is -0.478 e. The largest absolute Gasteiger partial charge is 0.478 e. The van der Waals surface area contributed by atoms with Gasteiger partial charge in [-0.2, -0.15) is 0 Å². The Morgan fingerprint density at radius 2 is 1.95 bits per heavy atom. The van der Waals surface area contributed by atoms with Crippen molar-refractivity contribution < 1.29 is 19.1 Å². The summed E-state index contributed by atoms with van der Waals surface area (Å²) in [4.78, 5) is 36.1. The van der Waals surface area contributed by atoms with Crippen LogP contribution in [0.4, 0.5) is 5.69 Å². The van der Waals surface area contributed by atoms with Gasteiger partial charge in [0.25, 0.3) is 5.91 Å². The highest BCUT2D eigenvalue weighted by atomic mass is 16.4. The van der Waals surface area contributed by atoms with E-state index in [0.29, 0.717) is 16.8 Å². The lowest BCUT2D eigenvalue weighted by Gasteiger charge is -2.06. The van der Waals surface area contributed by atoms with Crippen LogP contribution in [0.3, 0.4) is 0 Å². The zero-order valence-electron chi connectivity index (χ0n) is 10.8. The second kappa shape index (κ2) is 5.04. The van der Waals surface area contributed by atoms with Crippen LogP contribution in [-0.2, 0) is 9.59 Å². The first kappa shape index (κ1) is 13.6. The molecule has 0 spiro atoms. The minimum atomic E-state index is -1.15. The second-order valence-electron chi connectivity index (χ2n) is 4.23. The molecule has 0 unspecified atom stereocenters. The number of nitrogens with one attached hydrogen (secondary N) is 2. The summed E-state index contributed by atoms with van der Waals surface area (Å²) in [5.74, 6) is -2.25. The molecule has 0 saturated heterocycles. The maximum atomic E-state index is 11.9. The molecule has 7 heteroatoms. The van der Waals surface area contributed by atoms with E-state index in [1.165, 1.54) is 26.0 Å². The molecule has 0 aliphatic rings. The first-order valence-electron chi connectivity index (χ1n) is 5.73. The number of carbonyl (C=O) groups excluding carboxylic acids is 1. The molecule has 20 heavy (non-hydrogen) atoms. The van der Waals surface area contributed by atoms with Gasteiger partial charge in [0, 0.05) is 16.8 Å². The number of aliphatic carboxylic acids is 1. The SMILES string of the molecule is CC(C(=O)O)=C(C)C(=O)Nc1ccc2oc(=O)[nH]c2c1. The number of H-pyrrole nitrogens is 1. The summed E-state index contributed by atoms with van der Waals surface area (Å²) < 4.78 is 4.83. The topological polar surface area (TPSA) is 112 Å². The van der Waals surface area contributed by atoms with Crippen molar-refractivity contribution in [3.63, 3.8) is 0 Å². The number of amides is 1. The van der Waals surface area contributed by atoms with E-state index in [2.05, 4.69) is 10.3 Å². The van der Waals surface area contributed by atoms with E-state index in [1.54, 1.807) is 6.07 Å². The number of carboxylic acid groups (broad SMARTS) is 1. The fourth-order valence-electron chi connectivity index (χ4n) is 1.59. The van der Waals surface area contributed by atoms with Crippen LogP contribution in [0.1, 0.15) is 13.8 Å². The van der Waals surface area contributed by atoms with Crippen molar-refractivity contribution >= 4 is 28.7 Å². The van der Waals surface area contributed by atoms with Gasteiger partial charge in [0.1, 0.15) is 0 Å². The molecule has 2 rings (SSSR count). The number of carboxylic acids is 1. The summed E-state index contributed by atoms with van der Waals surface area (Å²) in [7, 11) is 0. The fourth-order valence-corrected chi connectivity index (χ4v) is 1.59. The van der Waals surface area contributed by atoms with Crippen LogP contribution < -0.4 is 11.1 Å². The Balaban J connectivity index is 2.28. The Morgan fingerprint density at radius 3 is 2.60 bits per heavy atom. The number of hydrogen-bond donors (Lipinski definition) is 3. The number of aromatic nitrogens is 1. The molecule has 0 radical (unpaired) electrons. The standard InChI is InChI=1S/C13H12N2O5/c1-6(7(2)12(17)18)11(16)14-8-3-4-10-9(5-8)15-13(19)20-10/h3-5H,1-2H3,(H,14,16)(H,15,19)(H,17,18). The van der Waals surface area contributed by atoms with Crippen LogP contribution in [-0.4, -0.2) is 22.0 Å². The second-order valence-corrected chi connectivity index (χ2v) is 4.23. The Labute approximate surface area is 112 Å². The van der Waals surface area contributed by atoms with Crippen LogP contribution in [0, 0.1) is 0 Å². The molecule has 1 heterocycles. The van der Waals surface area contributed by atoms with Crippen LogP contribution in [0.15, 0.2) is 38.6 Å². The predicted octanol–water partition coefficient (Wildman–Crippen LogP) is 1.48. The summed E-state index contributed by atoms with van der Waals surface area (Å²) in [6.07, 6.45) is 0. The molecule has 1 aromatic heterocycles. The lowest BCUT2D eigenvalue weighted by Crippen LogP contribution is -2.16. The van der Waals surface area contributed by atoms with Gasteiger partial charge in [0.15, 0.2) is 5.58 Å². The van der Waals surface area contributed by atoms with E-state index >= 15 is 0 Å². The number of hydrogen-bond acceptors (Lipinski definition) is 4. The summed E-state index contributed by atoms with van der Waals surface area (Å²) in [5, 5.41) is 11.4. The molecule has 2 aromatic rings. The van der Waals surface area contributed by atoms with Gasteiger partial charge in [-0.15, -0.1) is 0 Å². The van der Waals surface area contributed by atoms with Gasteiger partial charge < -0.3 is 14.8 Å². The molecule has 0 aliphatic heterocycles. The molecule has 1 amide bonds. The van der Waals surface area contributed by atoms with Gasteiger partial charge in [-0.1, -0.05) is 0 Å². The molecule has 0 aliphatic carbocycles. The lowest BCUT2D eigenvalue weighted by atomic mass is 10.1. The van der Waals surface area contributed by atoms with Gasteiger partial charge >= 0.3 is 11.7 Å². The van der Waals surface area contributed by atoms with Crippen molar-refractivity contribution in [2.75, 3.05) is 5.32 Å². The Morgan fingerprint density at radius 1 is 1.25 bits per heavy atom. The highest BCUT2D eigenvalue weighted by Gasteiger charge is 2.13. The molecule has 0 fully saturated rings. The number of rotatable bonds is 3. The molecule has 3 N–H and O–H groups in total. The zero-order chi connectivity index (χ0) is 14.9. The van der Waals surface area contributed by atoms with Crippen molar-refractivity contribution in [3.05, 3.63) is 39.9 Å². The van der Waals surface area contributed by atoms with Gasteiger partial charge in [0.05, 0.1) is 5.52 Å². The monoisotopic (exact) mass is 276 g/mol. The van der Waals surface area contributed by atoms with Gasteiger partial charge in [-0.05, 0) is 32.0 Å². The van der Waals surface area contributed by atoms with E-state index in [4.69, 9.17) is 9.52 Å². The van der Waals surface area contributed by atoms with Crippen LogP contribution in [0.2, 0.25) is 0 Å². The molecular formula is C13H12N2O5. The first-order valence-corrected chi connectivity index (χ1v) is 5.73. The summed E-state index contributed by atoms with van der Waals surface area (Å²) >= 11 is 0. The van der Waals surface area contributed by atoms with Gasteiger partial charge in [0.2, 0.25) is 0 Å². The normalized spacial score (nSPS) is 12.1. The molecular weight excluding hydrogens is 264 g/mol. The third kappa shape index (κ3) is 2.61. The summed E-state index contributed by atoms with van der Waals surface area (Å²) in [5.41, 5.74) is 1.34. The average molecular weight is 276 g/mol. The summed E-state index contributed by atoms with van der Waals surface area (Å²) in [6, 6.07) is 4.62. The predicted molar refractivity (Wildman–Crippen MR) is 71.5 cm³/mol. The Bertz CT molecular complexity index is 781. The Kier molecular flexibility index (Phi) is 3.43. The van der Waals surface area contributed by atoms with E-state index in [0.717, 1.165) is 0 Å². The van der Waals surface area contributed by atoms with E-state index < -0.39 is 17.6 Å². The van der Waals surface area contributed by atoms with Crippen molar-refractivity contribution in [1.82, 2.24) is 4.98 Å². The number of benzene rings is 1. The highest BCUT2D eigenvalue weighted by Crippen LogP contribution is 2.17. The molecule has 104 valence electrons. The van der Waals surface area contributed by atoms with Gasteiger partial charge in [-0.3, -0.25) is 9.78 Å². The zero-order valence-corrected chi connectivity index (χ0v) is 10.8. The smallest absolute Gasteiger partial charge is 0.417 e. The first-order chi connectivity index (χ1) is 9.38. The molecule has 7 nitrogen and oxygen atoms in total. The average Bonchev–Trinajstić information content (AvgIpc) is 2.76. The number of aromatic amines is 1. The summed E-state index contributed by atoms with van der Waals surface area (Å²) in [6.45, 7) is 2.78. The van der Waals surface area contributed by atoms with Crippen molar-refractivity contribution in [2.45, 2.75) is 13.8 Å². The van der Waals surface area contributed by atoms with Crippen LogP contribution in [0.5, 0.6) is 0 Å². The Hall–Kier alpha value is -2.83. The molecule has 0 atom stereocenters. The molecule has 0 bridgehead atoms. The van der Waals surface area contributed by atoms with Crippen LogP contribution in [0.25, 0.3) is 11.1 Å². The maximum Gasteiger partial charge on any atom is 0.417 e. The third-order valence-electron chi connectivity index (χ3n) is 2.90. The quantitative estimate of drug-likeness (QED) is 0.735. The number of carbonyl (C=O) groups is 2. The third-order valence-corrected chi connectivity index (χ3v) is 2.90. The maximum absolute atomic E-state index is 11.9. The lowest BCUT2D eigenvalue weighted by molar-refractivity contribution is -0.133. The highest BCUT2D eigenvalue weighted by molar-refractivity contribution is 6.08. The van der Waals surface area contributed by atoms with Crippen molar-refractivity contribution in [2.24, 2.45) is 0 Å². The van der Waals surface area contributed by atoms with Crippen molar-refractivity contribution in [3.8, 4) is 0 Å². The number of anilines is 1. The van der Waals surface area contributed by atoms with E-state index in [9.17, 15) is 14.4 Å². The van der Waals surface area contributed by atoms with E-state index in [-0.39, 0.29) is 11.1 Å².